The average molecular weight is 375 g/mol. The van der Waals surface area contributed by atoms with Gasteiger partial charge in [-0.3, -0.25) is 4.99 Å². The molecule has 1 unspecified atom stereocenters. The van der Waals surface area contributed by atoms with E-state index in [-0.39, 0.29) is 6.10 Å². The smallest absolute Gasteiger partial charge is 0.191 e. The first-order valence-electron chi connectivity index (χ1n) is 8.74. The number of nitrogens with one attached hydrogen (secondary N) is 2. The third kappa shape index (κ3) is 4.09. The number of nitrogens with zero attached hydrogens (tertiary/aromatic N) is 2. The van der Waals surface area contributed by atoms with E-state index in [2.05, 4.69) is 46.6 Å². The van der Waals surface area contributed by atoms with Gasteiger partial charge >= 0.3 is 0 Å². The van der Waals surface area contributed by atoms with E-state index < -0.39 is 0 Å². The predicted octanol–water partition coefficient (Wildman–Crippen LogP) is 2.96. The first kappa shape index (κ1) is 18.5. The van der Waals surface area contributed by atoms with Gasteiger partial charge in [0, 0.05) is 36.0 Å². The zero-order valence-electron chi connectivity index (χ0n) is 16.0. The van der Waals surface area contributed by atoms with Crippen LogP contribution in [0.15, 0.2) is 17.1 Å². The van der Waals surface area contributed by atoms with Crippen LogP contribution in [-0.4, -0.2) is 31.2 Å². The van der Waals surface area contributed by atoms with Gasteiger partial charge in [-0.1, -0.05) is 0 Å². The molecule has 7 heteroatoms. The van der Waals surface area contributed by atoms with Crippen molar-refractivity contribution in [3.8, 4) is 11.5 Å². The number of methoxy groups -OCH3 is 1. The van der Waals surface area contributed by atoms with E-state index in [0.717, 1.165) is 40.1 Å². The quantitative estimate of drug-likeness (QED) is 0.622. The molecule has 0 aliphatic carbocycles. The lowest BCUT2D eigenvalue weighted by atomic mass is 10.1. The van der Waals surface area contributed by atoms with Gasteiger partial charge in [0.2, 0.25) is 0 Å². The van der Waals surface area contributed by atoms with Crippen molar-refractivity contribution in [3.63, 3.8) is 0 Å². The molecule has 2 N–H and O–H groups in total. The molecule has 2 aromatic rings. The lowest BCUT2D eigenvalue weighted by Crippen LogP contribution is -2.36. The summed E-state index contributed by atoms with van der Waals surface area (Å²) < 4.78 is 11.4. The van der Waals surface area contributed by atoms with Gasteiger partial charge in [0.1, 0.15) is 22.6 Å². The number of hydrogen-bond acceptors (Lipinski definition) is 5. The Morgan fingerprint density at radius 1 is 1.35 bits per heavy atom. The lowest BCUT2D eigenvalue weighted by Gasteiger charge is -2.14. The molecule has 1 atom stereocenters. The van der Waals surface area contributed by atoms with E-state index >= 15 is 0 Å². The Kier molecular flexibility index (Phi) is 5.66. The van der Waals surface area contributed by atoms with E-state index in [1.54, 1.807) is 25.5 Å². The third-order valence-corrected chi connectivity index (χ3v) is 5.52. The van der Waals surface area contributed by atoms with Gasteiger partial charge in [-0.15, -0.1) is 11.3 Å². The Morgan fingerprint density at radius 2 is 2.12 bits per heavy atom. The lowest BCUT2D eigenvalue weighted by molar-refractivity contribution is 0.254. The molecule has 2 heterocycles. The van der Waals surface area contributed by atoms with E-state index in [9.17, 15) is 0 Å². The van der Waals surface area contributed by atoms with Gasteiger partial charge in [0.05, 0.1) is 19.3 Å². The molecular weight excluding hydrogens is 348 g/mol. The van der Waals surface area contributed by atoms with Crippen LogP contribution in [0.1, 0.15) is 33.6 Å². The summed E-state index contributed by atoms with van der Waals surface area (Å²) in [6, 6.07) is 4.14. The van der Waals surface area contributed by atoms with Gasteiger partial charge in [0.25, 0.3) is 0 Å². The molecule has 0 radical (unpaired) electrons. The van der Waals surface area contributed by atoms with Crippen LogP contribution in [0.4, 0.5) is 0 Å². The van der Waals surface area contributed by atoms with Crippen LogP contribution < -0.4 is 20.1 Å². The molecule has 26 heavy (non-hydrogen) atoms. The van der Waals surface area contributed by atoms with Crippen molar-refractivity contribution in [1.82, 2.24) is 15.6 Å². The fourth-order valence-electron chi connectivity index (χ4n) is 2.98. The zero-order valence-corrected chi connectivity index (χ0v) is 16.8. The van der Waals surface area contributed by atoms with Crippen molar-refractivity contribution in [3.05, 3.63) is 38.8 Å². The van der Waals surface area contributed by atoms with Crippen molar-refractivity contribution in [2.75, 3.05) is 14.2 Å². The summed E-state index contributed by atoms with van der Waals surface area (Å²) in [5.74, 6) is 2.55. The fourth-order valence-corrected chi connectivity index (χ4v) is 3.86. The van der Waals surface area contributed by atoms with Gasteiger partial charge < -0.3 is 20.1 Å². The first-order chi connectivity index (χ1) is 12.5. The molecule has 0 fully saturated rings. The Hall–Kier alpha value is -2.28. The van der Waals surface area contributed by atoms with Crippen molar-refractivity contribution < 1.29 is 9.47 Å². The monoisotopic (exact) mass is 374 g/mol. The fraction of sp³-hybridized carbons (Fsp3) is 0.474. The highest BCUT2D eigenvalue weighted by atomic mass is 32.1. The highest BCUT2D eigenvalue weighted by molar-refractivity contribution is 7.11. The Balaban J connectivity index is 1.62. The summed E-state index contributed by atoms with van der Waals surface area (Å²) in [6.07, 6.45) is 1.15. The molecule has 1 aliphatic rings. The normalized spacial score (nSPS) is 16.2. The molecule has 0 saturated heterocycles. The number of fused-ring (bicyclic) bond motifs is 1. The Labute approximate surface area is 158 Å². The van der Waals surface area contributed by atoms with Crippen molar-refractivity contribution in [1.29, 1.82) is 0 Å². The molecule has 1 aliphatic heterocycles. The second-order valence-corrected chi connectivity index (χ2v) is 7.72. The molecule has 140 valence electrons. The highest BCUT2D eigenvalue weighted by Gasteiger charge is 2.21. The number of ether oxygens (including phenoxy) is 2. The maximum atomic E-state index is 5.86. The Bertz CT molecular complexity index is 797. The molecule has 0 amide bonds. The summed E-state index contributed by atoms with van der Waals surface area (Å²) in [5, 5.41) is 7.70. The van der Waals surface area contributed by atoms with Crippen LogP contribution in [0.3, 0.4) is 0 Å². The van der Waals surface area contributed by atoms with Crippen LogP contribution in [0.25, 0.3) is 0 Å². The first-order valence-corrected chi connectivity index (χ1v) is 9.55. The second kappa shape index (κ2) is 7.95. The molecule has 0 saturated carbocycles. The van der Waals surface area contributed by atoms with Gasteiger partial charge in [-0.05, 0) is 32.9 Å². The SMILES string of the molecule is CN=C(NCc1nc(C)c(C)s1)NCc1cc2c(cc1OC)CC(C)O2. The number of guanidine groups is 1. The number of aromatic nitrogens is 1. The van der Waals surface area contributed by atoms with E-state index in [1.165, 1.54) is 10.4 Å². The number of hydrogen-bond donors (Lipinski definition) is 2. The number of benzene rings is 1. The van der Waals surface area contributed by atoms with Crippen molar-refractivity contribution in [2.45, 2.75) is 46.4 Å². The third-order valence-electron chi connectivity index (χ3n) is 4.45. The molecule has 0 spiro atoms. The maximum Gasteiger partial charge on any atom is 0.191 e. The minimum absolute atomic E-state index is 0.220. The highest BCUT2D eigenvalue weighted by Crippen LogP contribution is 2.34. The summed E-state index contributed by atoms with van der Waals surface area (Å²) in [7, 11) is 3.46. The topological polar surface area (TPSA) is 67.8 Å². The van der Waals surface area contributed by atoms with Crippen LogP contribution in [0.5, 0.6) is 11.5 Å². The molecular formula is C19H26N4O2S. The van der Waals surface area contributed by atoms with E-state index in [0.29, 0.717) is 13.1 Å². The molecule has 0 bridgehead atoms. The molecule has 3 rings (SSSR count). The predicted molar refractivity (Wildman–Crippen MR) is 105 cm³/mol. The van der Waals surface area contributed by atoms with E-state index in [4.69, 9.17) is 9.47 Å². The van der Waals surface area contributed by atoms with E-state index in [1.807, 2.05) is 6.92 Å². The van der Waals surface area contributed by atoms with Crippen LogP contribution >= 0.6 is 11.3 Å². The number of thiazole rings is 1. The van der Waals surface area contributed by atoms with Gasteiger partial charge in [-0.25, -0.2) is 4.98 Å². The maximum absolute atomic E-state index is 5.86. The second-order valence-electron chi connectivity index (χ2n) is 6.43. The number of aryl methyl sites for hydroxylation is 2. The summed E-state index contributed by atoms with van der Waals surface area (Å²) >= 11 is 1.71. The number of aliphatic imine (C=N–C) groups is 1. The van der Waals surface area contributed by atoms with Crippen LogP contribution in [-0.2, 0) is 19.5 Å². The average Bonchev–Trinajstić information content (AvgIpc) is 3.14. The summed E-state index contributed by atoms with van der Waals surface area (Å²) in [6.45, 7) is 7.46. The van der Waals surface area contributed by atoms with Crippen LogP contribution in [0, 0.1) is 13.8 Å². The molecule has 1 aromatic heterocycles. The van der Waals surface area contributed by atoms with Gasteiger partial charge in [0.15, 0.2) is 5.96 Å². The number of rotatable bonds is 5. The minimum Gasteiger partial charge on any atom is -0.496 e. The largest absolute Gasteiger partial charge is 0.496 e. The molecule has 6 nitrogen and oxygen atoms in total. The minimum atomic E-state index is 0.220. The molecule has 1 aromatic carbocycles. The summed E-state index contributed by atoms with van der Waals surface area (Å²) in [4.78, 5) is 10.1. The zero-order chi connectivity index (χ0) is 18.7. The van der Waals surface area contributed by atoms with Crippen molar-refractivity contribution >= 4 is 17.3 Å². The summed E-state index contributed by atoms with van der Waals surface area (Å²) in [5.41, 5.74) is 3.34. The van der Waals surface area contributed by atoms with Gasteiger partial charge in [-0.2, -0.15) is 0 Å². The Morgan fingerprint density at radius 3 is 2.77 bits per heavy atom. The van der Waals surface area contributed by atoms with Crippen LogP contribution in [0.2, 0.25) is 0 Å². The standard InChI is InChI=1S/C19H26N4O2S/c1-11-6-14-7-16(24-5)15(8-17(14)25-11)9-21-19(20-4)22-10-18-23-12(2)13(3)26-18/h7-8,11H,6,9-10H2,1-5H3,(H2,20,21,22). The van der Waals surface area contributed by atoms with Crippen molar-refractivity contribution in [2.24, 2.45) is 4.99 Å².